The van der Waals surface area contributed by atoms with Crippen molar-refractivity contribution in [3.63, 3.8) is 0 Å². The molecule has 0 aliphatic carbocycles. The van der Waals surface area contributed by atoms with Crippen LogP contribution in [-0.4, -0.2) is 61.2 Å². The van der Waals surface area contributed by atoms with Gasteiger partial charge in [0.05, 0.1) is 34.0 Å². The SMILES string of the molecule is COc1ccc(OC)c(CN(Cc2nc(C(=O)N3CCOCC3)co2)C(C)c2ccccc2)c1. The molecule has 8 heteroatoms. The molecule has 0 N–H and O–H groups in total. The van der Waals surface area contributed by atoms with E-state index >= 15 is 0 Å². The Morgan fingerprint density at radius 2 is 1.85 bits per heavy atom. The van der Waals surface area contributed by atoms with E-state index in [-0.39, 0.29) is 11.9 Å². The van der Waals surface area contributed by atoms with E-state index in [0.29, 0.717) is 51.0 Å². The van der Waals surface area contributed by atoms with Crippen molar-refractivity contribution in [1.82, 2.24) is 14.8 Å². The molecule has 2 aromatic carbocycles. The number of benzene rings is 2. The van der Waals surface area contributed by atoms with Gasteiger partial charge >= 0.3 is 0 Å². The molecule has 1 fully saturated rings. The van der Waals surface area contributed by atoms with Gasteiger partial charge in [-0.2, -0.15) is 0 Å². The molecule has 0 spiro atoms. The molecule has 1 amide bonds. The van der Waals surface area contributed by atoms with Gasteiger partial charge in [-0.05, 0) is 30.7 Å². The zero-order valence-corrected chi connectivity index (χ0v) is 19.9. The summed E-state index contributed by atoms with van der Waals surface area (Å²) in [6, 6.07) is 16.1. The third kappa shape index (κ3) is 5.58. The summed E-state index contributed by atoms with van der Waals surface area (Å²) in [5.41, 5.74) is 2.48. The Balaban J connectivity index is 1.58. The average Bonchev–Trinajstić information content (AvgIpc) is 3.37. The molecule has 1 aliphatic rings. The van der Waals surface area contributed by atoms with E-state index < -0.39 is 0 Å². The van der Waals surface area contributed by atoms with Crippen LogP contribution in [0.15, 0.2) is 59.2 Å². The van der Waals surface area contributed by atoms with E-state index in [2.05, 4.69) is 28.9 Å². The minimum Gasteiger partial charge on any atom is -0.497 e. The topological polar surface area (TPSA) is 77.3 Å². The fourth-order valence-corrected chi connectivity index (χ4v) is 4.08. The van der Waals surface area contributed by atoms with Gasteiger partial charge in [0, 0.05) is 31.2 Å². The second kappa shape index (κ2) is 11.2. The smallest absolute Gasteiger partial charge is 0.275 e. The number of carbonyl (C=O) groups excluding carboxylic acids is 1. The number of nitrogens with zero attached hydrogens (tertiary/aromatic N) is 3. The maximum Gasteiger partial charge on any atom is 0.275 e. The second-order valence-electron chi connectivity index (χ2n) is 8.20. The largest absolute Gasteiger partial charge is 0.497 e. The van der Waals surface area contributed by atoms with Gasteiger partial charge in [-0.25, -0.2) is 4.98 Å². The van der Waals surface area contributed by atoms with Crippen LogP contribution in [0.5, 0.6) is 11.5 Å². The highest BCUT2D eigenvalue weighted by atomic mass is 16.5. The minimum atomic E-state index is -0.129. The molecular formula is C26H31N3O5. The van der Waals surface area contributed by atoms with Crippen LogP contribution in [0.2, 0.25) is 0 Å². The highest BCUT2D eigenvalue weighted by molar-refractivity contribution is 5.92. The fourth-order valence-electron chi connectivity index (χ4n) is 4.08. The van der Waals surface area contributed by atoms with E-state index in [4.69, 9.17) is 18.6 Å². The molecule has 1 saturated heterocycles. The maximum atomic E-state index is 12.8. The molecule has 1 unspecified atom stereocenters. The summed E-state index contributed by atoms with van der Waals surface area (Å²) in [4.78, 5) is 21.3. The normalized spacial score (nSPS) is 14.8. The van der Waals surface area contributed by atoms with Crippen molar-refractivity contribution in [3.8, 4) is 11.5 Å². The Hall–Kier alpha value is -3.36. The summed E-state index contributed by atoms with van der Waals surface area (Å²) < 4.78 is 22.1. The van der Waals surface area contributed by atoms with Crippen molar-refractivity contribution >= 4 is 5.91 Å². The van der Waals surface area contributed by atoms with Gasteiger partial charge in [-0.3, -0.25) is 9.69 Å². The number of hydrogen-bond donors (Lipinski definition) is 0. The number of rotatable bonds is 9. The molecular weight excluding hydrogens is 434 g/mol. The summed E-state index contributed by atoms with van der Waals surface area (Å²) in [5, 5.41) is 0. The third-order valence-corrected chi connectivity index (χ3v) is 6.10. The Morgan fingerprint density at radius 3 is 2.56 bits per heavy atom. The van der Waals surface area contributed by atoms with E-state index in [1.807, 2.05) is 36.4 Å². The van der Waals surface area contributed by atoms with Gasteiger partial charge in [0.2, 0.25) is 5.89 Å². The van der Waals surface area contributed by atoms with E-state index in [1.165, 1.54) is 11.8 Å². The fraction of sp³-hybridized carbons (Fsp3) is 0.385. The van der Waals surface area contributed by atoms with Crippen LogP contribution < -0.4 is 9.47 Å². The molecule has 3 aromatic rings. The molecule has 1 aromatic heterocycles. The van der Waals surface area contributed by atoms with Crippen LogP contribution in [0.4, 0.5) is 0 Å². The lowest BCUT2D eigenvalue weighted by molar-refractivity contribution is 0.0299. The van der Waals surface area contributed by atoms with E-state index in [0.717, 1.165) is 17.1 Å². The van der Waals surface area contributed by atoms with Crippen LogP contribution in [0.1, 0.15) is 40.5 Å². The quantitative estimate of drug-likeness (QED) is 0.474. The van der Waals surface area contributed by atoms with Crippen LogP contribution in [0, 0.1) is 0 Å². The maximum absolute atomic E-state index is 12.8. The first kappa shape index (κ1) is 23.8. The number of morpholine rings is 1. The number of amides is 1. The molecule has 0 radical (unpaired) electrons. The summed E-state index contributed by atoms with van der Waals surface area (Å²) in [6.45, 7) is 5.35. The van der Waals surface area contributed by atoms with Gasteiger partial charge in [0.1, 0.15) is 17.8 Å². The van der Waals surface area contributed by atoms with Crippen molar-refractivity contribution in [3.05, 3.63) is 77.5 Å². The van der Waals surface area contributed by atoms with Gasteiger partial charge < -0.3 is 23.5 Å². The summed E-state index contributed by atoms with van der Waals surface area (Å²) in [5.74, 6) is 1.90. The first-order valence-electron chi connectivity index (χ1n) is 11.4. The molecule has 180 valence electrons. The Bertz CT molecular complexity index is 1080. The standard InChI is InChI=1S/C26H31N3O5/c1-19(20-7-5-4-6-8-20)29(16-21-15-22(31-2)9-10-24(21)32-3)17-25-27-23(18-34-25)26(30)28-11-13-33-14-12-28/h4-10,15,18-19H,11-14,16-17H2,1-3H3. The van der Waals surface area contributed by atoms with Crippen molar-refractivity contribution in [1.29, 1.82) is 0 Å². The predicted molar refractivity (Wildman–Crippen MR) is 127 cm³/mol. The monoisotopic (exact) mass is 465 g/mol. The van der Waals surface area contributed by atoms with E-state index in [9.17, 15) is 4.79 Å². The highest BCUT2D eigenvalue weighted by Crippen LogP contribution is 2.30. The minimum absolute atomic E-state index is 0.0578. The highest BCUT2D eigenvalue weighted by Gasteiger charge is 2.24. The molecule has 0 bridgehead atoms. The van der Waals surface area contributed by atoms with Gasteiger partial charge in [-0.1, -0.05) is 30.3 Å². The van der Waals surface area contributed by atoms with Crippen molar-refractivity contribution < 1.29 is 23.4 Å². The number of methoxy groups -OCH3 is 2. The zero-order chi connectivity index (χ0) is 23.9. The average molecular weight is 466 g/mol. The summed E-state index contributed by atoms with van der Waals surface area (Å²) in [6.07, 6.45) is 1.45. The lowest BCUT2D eigenvalue weighted by atomic mass is 10.1. The first-order valence-corrected chi connectivity index (χ1v) is 11.4. The number of carbonyl (C=O) groups is 1. The molecule has 34 heavy (non-hydrogen) atoms. The molecule has 0 saturated carbocycles. The van der Waals surface area contributed by atoms with Gasteiger partial charge in [0.15, 0.2) is 5.69 Å². The van der Waals surface area contributed by atoms with Crippen molar-refractivity contribution in [2.45, 2.75) is 26.1 Å². The predicted octanol–water partition coefficient (Wildman–Crippen LogP) is 3.93. The van der Waals surface area contributed by atoms with Crippen molar-refractivity contribution in [2.24, 2.45) is 0 Å². The Kier molecular flexibility index (Phi) is 7.82. The Morgan fingerprint density at radius 1 is 1.09 bits per heavy atom. The lowest BCUT2D eigenvalue weighted by Crippen LogP contribution is -2.40. The Labute approximate surface area is 200 Å². The van der Waals surface area contributed by atoms with Crippen molar-refractivity contribution in [2.75, 3.05) is 40.5 Å². The summed E-state index contributed by atoms with van der Waals surface area (Å²) in [7, 11) is 3.31. The number of hydrogen-bond acceptors (Lipinski definition) is 7. The van der Waals surface area contributed by atoms with Gasteiger partial charge in [-0.15, -0.1) is 0 Å². The number of aromatic nitrogens is 1. The van der Waals surface area contributed by atoms with Gasteiger partial charge in [0.25, 0.3) is 5.91 Å². The van der Waals surface area contributed by atoms with Crippen LogP contribution >= 0.6 is 0 Å². The van der Waals surface area contributed by atoms with E-state index in [1.54, 1.807) is 19.1 Å². The third-order valence-electron chi connectivity index (χ3n) is 6.10. The lowest BCUT2D eigenvalue weighted by Gasteiger charge is -2.29. The molecule has 8 nitrogen and oxygen atoms in total. The summed E-state index contributed by atoms with van der Waals surface area (Å²) >= 11 is 0. The van der Waals surface area contributed by atoms with Crippen LogP contribution in [-0.2, 0) is 17.8 Å². The second-order valence-corrected chi connectivity index (χ2v) is 8.20. The number of oxazole rings is 1. The molecule has 1 aliphatic heterocycles. The molecule has 1 atom stereocenters. The molecule has 2 heterocycles. The number of ether oxygens (including phenoxy) is 3. The first-order chi connectivity index (χ1) is 16.6. The molecule has 4 rings (SSSR count). The van der Waals surface area contributed by atoms with Crippen LogP contribution in [0.25, 0.3) is 0 Å². The van der Waals surface area contributed by atoms with Crippen LogP contribution in [0.3, 0.4) is 0 Å². The zero-order valence-electron chi connectivity index (χ0n) is 19.9.